The van der Waals surface area contributed by atoms with Gasteiger partial charge in [0.25, 0.3) is 5.91 Å². The van der Waals surface area contributed by atoms with E-state index < -0.39 is 18.0 Å². The molecule has 1 atom stereocenters. The first-order chi connectivity index (χ1) is 14.0. The summed E-state index contributed by atoms with van der Waals surface area (Å²) in [7, 11) is 0. The maximum Gasteiger partial charge on any atom is 0.338 e. The molecule has 29 heavy (non-hydrogen) atoms. The second-order valence-corrected chi connectivity index (χ2v) is 6.85. The molecule has 1 aliphatic rings. The van der Waals surface area contributed by atoms with Crippen LogP contribution in [0, 0.1) is 11.3 Å². The van der Waals surface area contributed by atoms with Gasteiger partial charge in [0.15, 0.2) is 6.10 Å². The van der Waals surface area contributed by atoms with Crippen LogP contribution >= 0.6 is 0 Å². The number of nitriles is 1. The van der Waals surface area contributed by atoms with Gasteiger partial charge in [0.2, 0.25) is 5.91 Å². The van der Waals surface area contributed by atoms with Crippen LogP contribution in [0.1, 0.15) is 41.3 Å². The fourth-order valence-electron chi connectivity index (χ4n) is 3.08. The molecule has 0 aliphatic carbocycles. The van der Waals surface area contributed by atoms with Gasteiger partial charge in [0.05, 0.1) is 17.2 Å². The summed E-state index contributed by atoms with van der Waals surface area (Å²) in [6.07, 6.45) is 0.396. The Morgan fingerprint density at radius 1 is 1.24 bits per heavy atom. The van der Waals surface area contributed by atoms with E-state index in [0.717, 1.165) is 18.5 Å². The van der Waals surface area contributed by atoms with Gasteiger partial charge in [-0.05, 0) is 49.2 Å². The number of likely N-dealkylation sites (tertiary alicyclic amines) is 1. The van der Waals surface area contributed by atoms with Crippen molar-refractivity contribution >= 4 is 23.5 Å². The summed E-state index contributed by atoms with van der Waals surface area (Å²) >= 11 is 0. The number of benzene rings is 2. The van der Waals surface area contributed by atoms with E-state index in [4.69, 9.17) is 10.00 Å². The SMILES string of the molecule is CC(OC(=O)c1cccc(CN2CCCC2=O)c1)C(=O)Nc1cccc(C#N)c1. The molecule has 1 fully saturated rings. The first-order valence-electron chi connectivity index (χ1n) is 9.35. The summed E-state index contributed by atoms with van der Waals surface area (Å²) in [4.78, 5) is 38.3. The number of rotatable bonds is 6. The summed E-state index contributed by atoms with van der Waals surface area (Å²) in [6, 6.07) is 15.3. The lowest BCUT2D eigenvalue weighted by atomic mass is 10.1. The van der Waals surface area contributed by atoms with Crippen LogP contribution in [0.2, 0.25) is 0 Å². The van der Waals surface area contributed by atoms with E-state index in [1.165, 1.54) is 13.0 Å². The highest BCUT2D eigenvalue weighted by Crippen LogP contribution is 2.16. The van der Waals surface area contributed by atoms with Crippen molar-refractivity contribution in [3.05, 3.63) is 65.2 Å². The number of nitrogens with zero attached hydrogens (tertiary/aromatic N) is 2. The Bertz CT molecular complexity index is 980. The van der Waals surface area contributed by atoms with Crippen LogP contribution in [0.5, 0.6) is 0 Å². The molecule has 0 spiro atoms. The minimum absolute atomic E-state index is 0.115. The standard InChI is InChI=1S/C22H21N3O4/c1-15(21(27)24-19-8-3-5-16(12-19)13-23)29-22(28)18-7-2-6-17(11-18)14-25-10-4-9-20(25)26/h2-3,5-8,11-12,15H,4,9-10,14H2,1H3,(H,24,27). The number of carbonyl (C=O) groups excluding carboxylic acids is 3. The summed E-state index contributed by atoms with van der Waals surface area (Å²) in [5.41, 5.74) is 2.02. The molecule has 0 aromatic heterocycles. The normalized spacial score (nSPS) is 14.2. The lowest BCUT2D eigenvalue weighted by Gasteiger charge is -2.16. The first-order valence-corrected chi connectivity index (χ1v) is 9.35. The van der Waals surface area contributed by atoms with Crippen LogP contribution in [0.15, 0.2) is 48.5 Å². The number of esters is 1. The molecule has 1 saturated heterocycles. The van der Waals surface area contributed by atoms with Crippen LogP contribution in [0.25, 0.3) is 0 Å². The number of hydrogen-bond acceptors (Lipinski definition) is 5. The molecule has 0 radical (unpaired) electrons. The molecule has 2 amide bonds. The minimum atomic E-state index is -1.02. The molecule has 1 unspecified atom stereocenters. The van der Waals surface area contributed by atoms with E-state index in [1.54, 1.807) is 41.3 Å². The first kappa shape index (κ1) is 20.1. The molecule has 3 rings (SSSR count). The van der Waals surface area contributed by atoms with Crippen molar-refractivity contribution in [3.8, 4) is 6.07 Å². The van der Waals surface area contributed by atoms with Gasteiger partial charge in [0, 0.05) is 25.2 Å². The fourth-order valence-corrected chi connectivity index (χ4v) is 3.08. The molecule has 148 valence electrons. The van der Waals surface area contributed by atoms with Crippen molar-refractivity contribution in [2.45, 2.75) is 32.4 Å². The van der Waals surface area contributed by atoms with E-state index >= 15 is 0 Å². The molecule has 2 aromatic rings. The molecule has 7 heteroatoms. The lowest BCUT2D eigenvalue weighted by Crippen LogP contribution is -2.30. The molecule has 1 aliphatic heterocycles. The quantitative estimate of drug-likeness (QED) is 0.764. The van der Waals surface area contributed by atoms with Crippen LogP contribution in [-0.2, 0) is 20.9 Å². The highest BCUT2D eigenvalue weighted by Gasteiger charge is 2.22. The van der Waals surface area contributed by atoms with Gasteiger partial charge in [0.1, 0.15) is 0 Å². The Balaban J connectivity index is 1.60. The van der Waals surface area contributed by atoms with Crippen molar-refractivity contribution in [1.29, 1.82) is 5.26 Å². The van der Waals surface area contributed by atoms with Gasteiger partial charge < -0.3 is 15.0 Å². The third-order valence-electron chi connectivity index (χ3n) is 4.62. The number of anilines is 1. The van der Waals surface area contributed by atoms with Crippen LogP contribution < -0.4 is 5.32 Å². The molecular weight excluding hydrogens is 370 g/mol. The average molecular weight is 391 g/mol. The van der Waals surface area contributed by atoms with Crippen molar-refractivity contribution in [2.75, 3.05) is 11.9 Å². The van der Waals surface area contributed by atoms with Crippen molar-refractivity contribution in [1.82, 2.24) is 4.90 Å². The van der Waals surface area contributed by atoms with Crippen molar-refractivity contribution in [3.63, 3.8) is 0 Å². The van der Waals surface area contributed by atoms with Gasteiger partial charge in [-0.3, -0.25) is 9.59 Å². The maximum atomic E-state index is 12.4. The van der Waals surface area contributed by atoms with Crippen LogP contribution in [0.3, 0.4) is 0 Å². The third kappa shape index (κ3) is 5.20. The van der Waals surface area contributed by atoms with E-state index in [9.17, 15) is 14.4 Å². The Labute approximate surface area is 168 Å². The molecule has 1 heterocycles. The number of amides is 2. The number of ether oxygens (including phenoxy) is 1. The number of nitrogens with one attached hydrogen (secondary N) is 1. The lowest BCUT2D eigenvalue weighted by molar-refractivity contribution is -0.128. The van der Waals surface area contributed by atoms with Gasteiger partial charge in [-0.25, -0.2) is 4.79 Å². The Kier molecular flexibility index (Phi) is 6.25. The largest absolute Gasteiger partial charge is 0.449 e. The monoisotopic (exact) mass is 391 g/mol. The topological polar surface area (TPSA) is 99.5 Å². The summed E-state index contributed by atoms with van der Waals surface area (Å²) in [6.45, 7) is 2.65. The van der Waals surface area contributed by atoms with E-state index in [2.05, 4.69) is 5.32 Å². The zero-order valence-electron chi connectivity index (χ0n) is 16.1. The average Bonchev–Trinajstić information content (AvgIpc) is 3.12. The Hall–Kier alpha value is -3.66. The van der Waals surface area contributed by atoms with Crippen molar-refractivity contribution < 1.29 is 19.1 Å². The fraction of sp³-hybridized carbons (Fsp3) is 0.273. The molecule has 1 N–H and O–H groups in total. The predicted molar refractivity (Wildman–Crippen MR) is 106 cm³/mol. The van der Waals surface area contributed by atoms with E-state index in [0.29, 0.717) is 29.8 Å². The summed E-state index contributed by atoms with van der Waals surface area (Å²) in [5, 5.41) is 11.5. The molecule has 0 bridgehead atoms. The maximum absolute atomic E-state index is 12.4. The minimum Gasteiger partial charge on any atom is -0.449 e. The highest BCUT2D eigenvalue weighted by molar-refractivity contribution is 5.97. The van der Waals surface area contributed by atoms with Crippen molar-refractivity contribution in [2.24, 2.45) is 0 Å². The molecular formula is C22H21N3O4. The summed E-state index contributed by atoms with van der Waals surface area (Å²) in [5.74, 6) is -0.996. The third-order valence-corrected chi connectivity index (χ3v) is 4.62. The van der Waals surface area contributed by atoms with Gasteiger partial charge >= 0.3 is 5.97 Å². The van der Waals surface area contributed by atoms with Gasteiger partial charge in [-0.15, -0.1) is 0 Å². The van der Waals surface area contributed by atoms with Gasteiger partial charge in [-0.1, -0.05) is 18.2 Å². The zero-order valence-corrected chi connectivity index (χ0v) is 16.1. The zero-order chi connectivity index (χ0) is 20.8. The summed E-state index contributed by atoms with van der Waals surface area (Å²) < 4.78 is 5.28. The second kappa shape index (κ2) is 9.02. The Morgan fingerprint density at radius 2 is 2.03 bits per heavy atom. The second-order valence-electron chi connectivity index (χ2n) is 6.85. The van der Waals surface area contributed by atoms with Crippen LogP contribution in [-0.4, -0.2) is 35.3 Å². The number of carbonyl (C=O) groups is 3. The van der Waals surface area contributed by atoms with Gasteiger partial charge in [-0.2, -0.15) is 5.26 Å². The smallest absolute Gasteiger partial charge is 0.338 e. The molecule has 2 aromatic carbocycles. The molecule has 7 nitrogen and oxygen atoms in total. The predicted octanol–water partition coefficient (Wildman–Crippen LogP) is 2.86. The van der Waals surface area contributed by atoms with E-state index in [-0.39, 0.29) is 5.91 Å². The Morgan fingerprint density at radius 3 is 2.76 bits per heavy atom. The van der Waals surface area contributed by atoms with Crippen LogP contribution in [0.4, 0.5) is 5.69 Å². The number of hydrogen-bond donors (Lipinski definition) is 1. The molecule has 0 saturated carbocycles. The highest BCUT2D eigenvalue weighted by atomic mass is 16.5. The van der Waals surface area contributed by atoms with E-state index in [1.807, 2.05) is 12.1 Å².